The lowest BCUT2D eigenvalue weighted by molar-refractivity contribution is -0.121. The molecule has 3 heterocycles. The third-order valence-electron chi connectivity index (χ3n) is 3.75. The summed E-state index contributed by atoms with van der Waals surface area (Å²) in [6.07, 6.45) is 5.94. The molecule has 2 aliphatic heterocycles. The molecule has 1 amide bonds. The van der Waals surface area contributed by atoms with Gasteiger partial charge in [-0.25, -0.2) is 4.98 Å². The van der Waals surface area contributed by atoms with E-state index in [9.17, 15) is 4.79 Å². The molecule has 1 atom stereocenters. The normalized spacial score (nSPS) is 24.5. The highest BCUT2D eigenvalue weighted by molar-refractivity contribution is 9.10. The first kappa shape index (κ1) is 12.1. The average molecular weight is 310 g/mol. The zero-order valence-corrected chi connectivity index (χ0v) is 11.7. The lowest BCUT2D eigenvalue weighted by Crippen LogP contribution is -2.41. The predicted molar refractivity (Wildman–Crippen MR) is 73.5 cm³/mol. The number of nitrogens with one attached hydrogen (secondary N) is 1. The summed E-state index contributed by atoms with van der Waals surface area (Å²) < 4.78 is 0.968. The largest absolute Gasteiger partial charge is 0.309 e. The van der Waals surface area contributed by atoms with Crippen molar-refractivity contribution in [3.8, 4) is 0 Å². The molecule has 5 heteroatoms. The molecule has 0 aromatic carbocycles. The molecule has 0 bridgehead atoms. The van der Waals surface area contributed by atoms with Crippen molar-refractivity contribution in [1.29, 1.82) is 0 Å². The van der Waals surface area contributed by atoms with Crippen LogP contribution >= 0.6 is 15.9 Å². The van der Waals surface area contributed by atoms with Crippen molar-refractivity contribution in [2.24, 2.45) is 0 Å². The molecule has 0 saturated carbocycles. The first-order chi connectivity index (χ1) is 8.74. The van der Waals surface area contributed by atoms with E-state index in [4.69, 9.17) is 0 Å². The maximum absolute atomic E-state index is 12.2. The Morgan fingerprint density at radius 2 is 2.17 bits per heavy atom. The maximum Gasteiger partial charge on any atom is 0.242 e. The topological polar surface area (TPSA) is 45.2 Å². The summed E-state index contributed by atoms with van der Waals surface area (Å²) in [5, 5.41) is 2.96. The van der Waals surface area contributed by atoms with E-state index in [0.717, 1.165) is 41.8 Å². The van der Waals surface area contributed by atoms with E-state index in [1.165, 1.54) is 12.8 Å². The van der Waals surface area contributed by atoms with Crippen molar-refractivity contribution in [2.75, 3.05) is 18.4 Å². The molecule has 0 spiro atoms. The van der Waals surface area contributed by atoms with Gasteiger partial charge < -0.3 is 5.32 Å². The Morgan fingerprint density at radius 3 is 2.94 bits per heavy atom. The summed E-state index contributed by atoms with van der Waals surface area (Å²) in [6.45, 7) is 2.09. The number of fused-ring (bicyclic) bond motifs is 1. The van der Waals surface area contributed by atoms with Gasteiger partial charge in [0.2, 0.25) is 5.91 Å². The molecule has 3 rings (SSSR count). The number of carbonyl (C=O) groups is 1. The number of hydrogen-bond acceptors (Lipinski definition) is 3. The molecule has 1 aromatic rings. The van der Waals surface area contributed by atoms with Gasteiger partial charge in [-0.3, -0.25) is 9.69 Å². The van der Waals surface area contributed by atoms with E-state index in [2.05, 4.69) is 37.2 Å². The third-order valence-corrected chi connectivity index (χ3v) is 4.18. The number of nitrogens with zero attached hydrogens (tertiary/aromatic N) is 2. The Hall–Kier alpha value is -0.940. The number of aryl methyl sites for hydroxylation is 1. The van der Waals surface area contributed by atoms with Crippen LogP contribution in [0.3, 0.4) is 0 Å². The summed E-state index contributed by atoms with van der Waals surface area (Å²) in [7, 11) is 0. The van der Waals surface area contributed by atoms with Crippen LogP contribution in [0.2, 0.25) is 0 Å². The van der Waals surface area contributed by atoms with Gasteiger partial charge in [-0.05, 0) is 66.3 Å². The first-order valence-corrected chi connectivity index (χ1v) is 7.23. The van der Waals surface area contributed by atoms with Crippen molar-refractivity contribution >= 4 is 27.7 Å². The van der Waals surface area contributed by atoms with Crippen LogP contribution in [-0.4, -0.2) is 34.9 Å². The Kier molecular flexibility index (Phi) is 3.35. The quantitative estimate of drug-likeness (QED) is 0.865. The molecule has 1 saturated heterocycles. The van der Waals surface area contributed by atoms with Crippen LogP contribution in [0.1, 0.15) is 24.8 Å². The second-order valence-corrected chi connectivity index (χ2v) is 5.86. The molecule has 1 fully saturated rings. The summed E-state index contributed by atoms with van der Waals surface area (Å²) in [5.74, 6) is 0.829. The van der Waals surface area contributed by atoms with Crippen LogP contribution in [-0.2, 0) is 11.2 Å². The predicted octanol–water partition coefficient (Wildman–Crippen LogP) is 2.19. The van der Waals surface area contributed by atoms with Crippen LogP contribution < -0.4 is 5.32 Å². The number of amides is 1. The number of carbonyl (C=O) groups excluding carboxylic acids is 1. The zero-order chi connectivity index (χ0) is 12.5. The molecule has 1 aromatic heterocycles. The van der Waals surface area contributed by atoms with Gasteiger partial charge in [0.25, 0.3) is 0 Å². The lowest BCUT2D eigenvalue weighted by Gasteiger charge is -2.24. The summed E-state index contributed by atoms with van der Waals surface area (Å²) in [5.41, 5.74) is 1.12. The molecule has 1 unspecified atom stereocenters. The molecular weight excluding hydrogens is 294 g/mol. The fourth-order valence-corrected chi connectivity index (χ4v) is 3.19. The van der Waals surface area contributed by atoms with Crippen LogP contribution in [0.5, 0.6) is 0 Å². The van der Waals surface area contributed by atoms with Crippen molar-refractivity contribution in [1.82, 2.24) is 9.88 Å². The van der Waals surface area contributed by atoms with Gasteiger partial charge in [0.15, 0.2) is 0 Å². The second-order valence-electron chi connectivity index (χ2n) is 4.95. The Bertz CT molecular complexity index is 471. The Labute approximate surface area is 115 Å². The minimum absolute atomic E-state index is 0.0143. The summed E-state index contributed by atoms with van der Waals surface area (Å²) in [6, 6.07) is 2.06. The average Bonchev–Trinajstić information content (AvgIpc) is 2.81. The van der Waals surface area contributed by atoms with Crippen molar-refractivity contribution in [3.63, 3.8) is 0 Å². The van der Waals surface area contributed by atoms with Crippen LogP contribution in [0.25, 0.3) is 0 Å². The highest BCUT2D eigenvalue weighted by Gasteiger charge is 2.30. The van der Waals surface area contributed by atoms with Crippen molar-refractivity contribution in [2.45, 2.75) is 31.7 Å². The van der Waals surface area contributed by atoms with E-state index in [1.54, 1.807) is 6.20 Å². The SMILES string of the molecule is O=C1Nc2ncc(Br)cc2CCC1N1CCCC1. The summed E-state index contributed by atoms with van der Waals surface area (Å²) in [4.78, 5) is 18.8. The van der Waals surface area contributed by atoms with Gasteiger partial charge in [-0.2, -0.15) is 0 Å². The fraction of sp³-hybridized carbons (Fsp3) is 0.538. The number of likely N-dealkylation sites (tertiary alicyclic amines) is 1. The van der Waals surface area contributed by atoms with Crippen molar-refractivity contribution < 1.29 is 4.79 Å². The van der Waals surface area contributed by atoms with E-state index in [0.29, 0.717) is 0 Å². The first-order valence-electron chi connectivity index (χ1n) is 6.43. The Morgan fingerprint density at radius 1 is 1.39 bits per heavy atom. The Balaban J connectivity index is 1.83. The molecule has 18 heavy (non-hydrogen) atoms. The van der Waals surface area contributed by atoms with E-state index < -0.39 is 0 Å². The van der Waals surface area contributed by atoms with E-state index in [-0.39, 0.29) is 11.9 Å². The molecule has 96 valence electrons. The van der Waals surface area contributed by atoms with Crippen LogP contribution in [0.4, 0.5) is 5.82 Å². The molecule has 1 N–H and O–H groups in total. The molecule has 4 nitrogen and oxygen atoms in total. The number of aromatic nitrogens is 1. The van der Waals surface area contributed by atoms with Gasteiger partial charge in [0.1, 0.15) is 5.82 Å². The monoisotopic (exact) mass is 309 g/mol. The van der Waals surface area contributed by atoms with Gasteiger partial charge in [0.05, 0.1) is 6.04 Å². The minimum atomic E-state index is 0.0143. The second kappa shape index (κ2) is 4.97. The van der Waals surface area contributed by atoms with Crippen LogP contribution in [0.15, 0.2) is 16.7 Å². The summed E-state index contributed by atoms with van der Waals surface area (Å²) >= 11 is 3.43. The van der Waals surface area contributed by atoms with Gasteiger partial charge in [-0.15, -0.1) is 0 Å². The zero-order valence-electron chi connectivity index (χ0n) is 10.2. The van der Waals surface area contributed by atoms with Crippen molar-refractivity contribution in [3.05, 3.63) is 22.3 Å². The smallest absolute Gasteiger partial charge is 0.242 e. The lowest BCUT2D eigenvalue weighted by atomic mass is 10.1. The standard InChI is InChI=1S/C13H16BrN3O/c14-10-7-9-3-4-11(17-5-1-2-6-17)13(18)16-12(9)15-8-10/h7-8,11H,1-6H2,(H,15,16,18). The van der Waals surface area contributed by atoms with Gasteiger partial charge in [-0.1, -0.05) is 0 Å². The third kappa shape index (κ3) is 2.29. The van der Waals surface area contributed by atoms with E-state index >= 15 is 0 Å². The molecule has 0 aliphatic carbocycles. The number of pyridine rings is 1. The molecule has 2 aliphatic rings. The fourth-order valence-electron chi connectivity index (χ4n) is 2.81. The van der Waals surface area contributed by atoms with Crippen LogP contribution in [0, 0.1) is 0 Å². The highest BCUT2D eigenvalue weighted by Crippen LogP contribution is 2.26. The van der Waals surface area contributed by atoms with E-state index in [1.807, 2.05) is 0 Å². The number of anilines is 1. The number of hydrogen-bond donors (Lipinski definition) is 1. The minimum Gasteiger partial charge on any atom is -0.309 e. The van der Waals surface area contributed by atoms with Gasteiger partial charge >= 0.3 is 0 Å². The van der Waals surface area contributed by atoms with Gasteiger partial charge in [0, 0.05) is 10.7 Å². The number of halogens is 1. The highest BCUT2D eigenvalue weighted by atomic mass is 79.9. The molecule has 0 radical (unpaired) electrons. The maximum atomic E-state index is 12.2. The number of rotatable bonds is 1. The molecular formula is C13H16BrN3O.